The summed E-state index contributed by atoms with van der Waals surface area (Å²) >= 11 is 0. The number of benzene rings is 3. The first kappa shape index (κ1) is 20.0. The summed E-state index contributed by atoms with van der Waals surface area (Å²) in [6, 6.07) is 31.9. The van der Waals surface area contributed by atoms with Gasteiger partial charge < -0.3 is 5.11 Å². The Labute approximate surface area is 187 Å². The Kier molecular flexibility index (Phi) is 5.42. The number of rotatable bonds is 6. The molecule has 4 heteroatoms. The van der Waals surface area contributed by atoms with Gasteiger partial charge in [-0.1, -0.05) is 104 Å². The van der Waals surface area contributed by atoms with E-state index in [0.717, 1.165) is 41.8 Å². The van der Waals surface area contributed by atoms with Gasteiger partial charge in [0.05, 0.1) is 5.10 Å². The molecule has 0 atom stereocenters. The fourth-order valence-electron chi connectivity index (χ4n) is 4.15. The second kappa shape index (κ2) is 8.67. The SMILES string of the molecule is CCCCc1cc(-c2ccccc2)n2nc(-c3ccccc3)/c(=C(\[O-])c3ccccc3)[n+]12. The standard InChI is InChI=1S/C28H25N3O/c1-2-3-19-24-20-25(21-13-7-4-8-14-21)31-29-26(22-15-9-5-10-16-22)27(30(24)31)28(32)23-17-11-6-12-18-23/h4-18,20H,2-3,19H2,1H3. The minimum Gasteiger partial charge on any atom is -0.869 e. The third-order valence-corrected chi connectivity index (χ3v) is 5.77. The predicted molar refractivity (Wildman–Crippen MR) is 125 cm³/mol. The first-order chi connectivity index (χ1) is 15.8. The van der Waals surface area contributed by atoms with Gasteiger partial charge in [0.15, 0.2) is 0 Å². The lowest BCUT2D eigenvalue weighted by molar-refractivity contribution is -0.639. The first-order valence-corrected chi connectivity index (χ1v) is 11.1. The number of hydrogen-bond donors (Lipinski definition) is 0. The molecule has 158 valence electrons. The van der Waals surface area contributed by atoms with Crippen molar-refractivity contribution in [2.45, 2.75) is 26.2 Å². The Morgan fingerprint density at radius 3 is 2.06 bits per heavy atom. The van der Waals surface area contributed by atoms with Crippen molar-refractivity contribution in [1.29, 1.82) is 0 Å². The molecule has 0 N–H and O–H groups in total. The lowest BCUT2D eigenvalue weighted by Gasteiger charge is -2.09. The quantitative estimate of drug-likeness (QED) is 0.393. The molecule has 0 spiro atoms. The minimum atomic E-state index is -0.0209. The van der Waals surface area contributed by atoms with Gasteiger partial charge in [0.1, 0.15) is 11.4 Å². The zero-order valence-corrected chi connectivity index (χ0v) is 18.1. The molecule has 2 heterocycles. The maximum absolute atomic E-state index is 13.8. The van der Waals surface area contributed by atoms with E-state index in [1.54, 1.807) is 0 Å². The van der Waals surface area contributed by atoms with E-state index in [0.29, 0.717) is 16.6 Å². The van der Waals surface area contributed by atoms with Crippen molar-refractivity contribution in [3.63, 3.8) is 0 Å². The van der Waals surface area contributed by atoms with Gasteiger partial charge in [-0.05, 0) is 22.4 Å². The van der Waals surface area contributed by atoms with Crippen molar-refractivity contribution in [2.24, 2.45) is 0 Å². The Morgan fingerprint density at radius 1 is 0.844 bits per heavy atom. The number of unbranched alkanes of at least 4 members (excludes halogenated alkanes) is 1. The van der Waals surface area contributed by atoms with Gasteiger partial charge >= 0.3 is 0 Å². The van der Waals surface area contributed by atoms with E-state index in [2.05, 4.69) is 25.1 Å². The van der Waals surface area contributed by atoms with Crippen LogP contribution in [0.25, 0.3) is 28.3 Å². The van der Waals surface area contributed by atoms with Crippen LogP contribution >= 0.6 is 0 Å². The van der Waals surface area contributed by atoms with E-state index < -0.39 is 0 Å². The number of fused-ring (bicyclic) bond motifs is 1. The molecule has 0 radical (unpaired) electrons. The molecule has 0 unspecified atom stereocenters. The number of aromatic nitrogens is 3. The van der Waals surface area contributed by atoms with E-state index >= 15 is 0 Å². The van der Waals surface area contributed by atoms with E-state index in [1.165, 1.54) is 0 Å². The zero-order valence-electron chi connectivity index (χ0n) is 18.1. The molecular weight excluding hydrogens is 394 g/mol. The van der Waals surface area contributed by atoms with Gasteiger partial charge in [0, 0.05) is 23.6 Å². The molecule has 0 saturated carbocycles. The second-order valence-corrected chi connectivity index (χ2v) is 7.95. The maximum Gasteiger partial charge on any atom is 0.256 e. The van der Waals surface area contributed by atoms with Crippen LogP contribution in [0.15, 0.2) is 97.1 Å². The van der Waals surface area contributed by atoms with Crippen molar-refractivity contribution in [1.82, 2.24) is 9.73 Å². The number of hydrogen-bond acceptors (Lipinski definition) is 2. The highest BCUT2D eigenvalue weighted by atomic mass is 16.3. The lowest BCUT2D eigenvalue weighted by Crippen LogP contribution is -2.47. The van der Waals surface area contributed by atoms with Crippen molar-refractivity contribution in [3.05, 3.63) is 114 Å². The third-order valence-electron chi connectivity index (χ3n) is 5.77. The largest absolute Gasteiger partial charge is 0.869 e. The molecule has 0 amide bonds. The molecule has 4 nitrogen and oxygen atoms in total. The zero-order chi connectivity index (χ0) is 21.9. The molecule has 0 bridgehead atoms. The summed E-state index contributed by atoms with van der Waals surface area (Å²) in [4.78, 5) is 0. The van der Waals surface area contributed by atoms with E-state index in [-0.39, 0.29) is 5.76 Å². The Bertz CT molecular complexity index is 1390. The van der Waals surface area contributed by atoms with Gasteiger partial charge in [-0.2, -0.15) is 0 Å². The summed E-state index contributed by atoms with van der Waals surface area (Å²) in [5.74, 6) is -0.0209. The molecule has 5 aromatic rings. The molecule has 3 aromatic carbocycles. The van der Waals surface area contributed by atoms with E-state index in [9.17, 15) is 5.11 Å². The number of aryl methyl sites for hydroxylation is 1. The molecule has 0 aliphatic rings. The normalized spacial score (nSPS) is 12.3. The van der Waals surface area contributed by atoms with Crippen molar-refractivity contribution >= 4 is 5.76 Å². The van der Waals surface area contributed by atoms with Crippen LogP contribution in [0, 0.1) is 0 Å². The Hall–Kier alpha value is -3.92. The Balaban J connectivity index is 1.90. The van der Waals surface area contributed by atoms with Crippen molar-refractivity contribution in [3.8, 4) is 22.5 Å². The average Bonchev–Trinajstić information content (AvgIpc) is 3.41. The fourth-order valence-corrected chi connectivity index (χ4v) is 4.15. The third kappa shape index (κ3) is 3.54. The van der Waals surface area contributed by atoms with Crippen LogP contribution < -0.4 is 15.0 Å². The van der Waals surface area contributed by atoms with Crippen LogP contribution in [0.2, 0.25) is 0 Å². The summed E-state index contributed by atoms with van der Waals surface area (Å²) in [7, 11) is 0. The summed E-state index contributed by atoms with van der Waals surface area (Å²) < 4.78 is 3.93. The van der Waals surface area contributed by atoms with Crippen LogP contribution in [0.5, 0.6) is 0 Å². The highest BCUT2D eigenvalue weighted by Gasteiger charge is 2.26. The summed E-state index contributed by atoms with van der Waals surface area (Å²) in [6.07, 6.45) is 3.01. The summed E-state index contributed by atoms with van der Waals surface area (Å²) in [6.45, 7) is 2.19. The van der Waals surface area contributed by atoms with Gasteiger partial charge in [-0.25, -0.2) is 0 Å². The first-order valence-electron chi connectivity index (χ1n) is 11.1. The van der Waals surface area contributed by atoms with Gasteiger partial charge in [0.25, 0.3) is 5.69 Å². The highest BCUT2D eigenvalue weighted by molar-refractivity contribution is 5.66. The molecule has 5 rings (SSSR count). The topological polar surface area (TPSA) is 44.5 Å². The molecule has 2 aromatic heterocycles. The highest BCUT2D eigenvalue weighted by Crippen LogP contribution is 2.21. The predicted octanol–water partition coefficient (Wildman–Crippen LogP) is 3.83. The van der Waals surface area contributed by atoms with Crippen LogP contribution in [-0.2, 0) is 6.42 Å². The average molecular weight is 420 g/mol. The molecule has 0 aliphatic heterocycles. The molecule has 0 saturated heterocycles. The molecule has 0 fully saturated rings. The van der Waals surface area contributed by atoms with Crippen LogP contribution in [0.4, 0.5) is 0 Å². The maximum atomic E-state index is 13.8. The van der Waals surface area contributed by atoms with E-state index in [1.807, 2.05) is 88.0 Å². The fraction of sp³-hybridized carbons (Fsp3) is 0.143. The smallest absolute Gasteiger partial charge is 0.256 e. The van der Waals surface area contributed by atoms with Crippen molar-refractivity contribution < 1.29 is 9.62 Å². The van der Waals surface area contributed by atoms with Crippen molar-refractivity contribution in [2.75, 3.05) is 0 Å². The van der Waals surface area contributed by atoms with E-state index in [4.69, 9.17) is 5.10 Å². The minimum absolute atomic E-state index is 0.0209. The molecule has 32 heavy (non-hydrogen) atoms. The van der Waals surface area contributed by atoms with Crippen LogP contribution in [0.1, 0.15) is 31.0 Å². The second-order valence-electron chi connectivity index (χ2n) is 7.95. The van der Waals surface area contributed by atoms with Crippen LogP contribution in [0.3, 0.4) is 0 Å². The Morgan fingerprint density at radius 2 is 1.44 bits per heavy atom. The van der Waals surface area contributed by atoms with Crippen LogP contribution in [-0.4, -0.2) is 9.73 Å². The van der Waals surface area contributed by atoms with Gasteiger partial charge in [-0.3, -0.25) is 0 Å². The summed E-state index contributed by atoms with van der Waals surface area (Å²) in [5.41, 5.74) is 5.46. The summed E-state index contributed by atoms with van der Waals surface area (Å²) in [5, 5.41) is 19.4. The monoisotopic (exact) mass is 419 g/mol. The number of nitrogens with zero attached hydrogens (tertiary/aromatic N) is 3. The molecular formula is C28H25N3O. The lowest BCUT2D eigenvalue weighted by atomic mass is 10.1. The molecule has 0 aliphatic carbocycles. The van der Waals surface area contributed by atoms with Gasteiger partial charge in [0.2, 0.25) is 5.35 Å². The van der Waals surface area contributed by atoms with Gasteiger partial charge in [-0.15, -0.1) is 4.52 Å².